The Kier molecular flexibility index (Phi) is 4.33. The van der Waals surface area contributed by atoms with Crippen LogP contribution < -0.4 is 5.73 Å². The number of benzene rings is 1. The fourth-order valence-corrected chi connectivity index (χ4v) is 2.57. The lowest BCUT2D eigenvalue weighted by Gasteiger charge is -2.30. The lowest BCUT2D eigenvalue weighted by atomic mass is 9.74. The van der Waals surface area contributed by atoms with Crippen molar-refractivity contribution in [1.82, 2.24) is 4.98 Å². The van der Waals surface area contributed by atoms with E-state index in [0.717, 1.165) is 11.8 Å². The van der Waals surface area contributed by atoms with Crippen LogP contribution in [0.5, 0.6) is 0 Å². The smallest absolute Gasteiger partial charge is 0.315 e. The molecular formula is C16H17FN2O2. The summed E-state index contributed by atoms with van der Waals surface area (Å²) < 4.78 is 13.3. The molecule has 0 radical (unpaired) electrons. The van der Waals surface area contributed by atoms with Crippen LogP contribution in [0.1, 0.15) is 16.7 Å². The Hall–Kier alpha value is -2.27. The van der Waals surface area contributed by atoms with Crippen LogP contribution in [-0.4, -0.2) is 22.6 Å². The van der Waals surface area contributed by atoms with E-state index in [0.29, 0.717) is 11.1 Å². The average Bonchev–Trinajstić information content (AvgIpc) is 2.45. The van der Waals surface area contributed by atoms with E-state index in [1.807, 2.05) is 19.1 Å². The predicted molar refractivity (Wildman–Crippen MR) is 77.4 cm³/mol. The number of rotatable bonds is 5. The third-order valence-electron chi connectivity index (χ3n) is 3.69. The Morgan fingerprint density at radius 2 is 2.10 bits per heavy atom. The van der Waals surface area contributed by atoms with E-state index in [2.05, 4.69) is 4.98 Å². The van der Waals surface area contributed by atoms with E-state index in [1.54, 1.807) is 12.1 Å². The number of hydrogen-bond acceptors (Lipinski definition) is 3. The summed E-state index contributed by atoms with van der Waals surface area (Å²) >= 11 is 0. The van der Waals surface area contributed by atoms with Gasteiger partial charge in [-0.3, -0.25) is 9.78 Å². The Morgan fingerprint density at radius 1 is 1.38 bits per heavy atom. The number of carbonyl (C=O) groups is 1. The fraction of sp³-hybridized carbons (Fsp3) is 0.250. The first-order chi connectivity index (χ1) is 9.99. The number of aryl methyl sites for hydroxylation is 1. The summed E-state index contributed by atoms with van der Waals surface area (Å²) in [5.74, 6) is -1.52. The first-order valence-corrected chi connectivity index (χ1v) is 6.58. The minimum Gasteiger partial charge on any atom is -0.481 e. The molecule has 0 aliphatic heterocycles. The summed E-state index contributed by atoms with van der Waals surface area (Å²) in [5.41, 5.74) is 6.50. The van der Waals surface area contributed by atoms with E-state index >= 15 is 0 Å². The molecule has 0 saturated carbocycles. The van der Waals surface area contributed by atoms with Crippen molar-refractivity contribution in [3.63, 3.8) is 0 Å². The van der Waals surface area contributed by atoms with Crippen LogP contribution in [0.3, 0.4) is 0 Å². The van der Waals surface area contributed by atoms with Crippen molar-refractivity contribution in [2.24, 2.45) is 5.73 Å². The van der Waals surface area contributed by atoms with Crippen LogP contribution in [0.15, 0.2) is 42.7 Å². The highest BCUT2D eigenvalue weighted by atomic mass is 19.1. The zero-order valence-electron chi connectivity index (χ0n) is 11.7. The molecule has 1 aromatic carbocycles. The van der Waals surface area contributed by atoms with Gasteiger partial charge in [-0.2, -0.15) is 0 Å². The normalized spacial score (nSPS) is 13.7. The lowest BCUT2D eigenvalue weighted by Crippen LogP contribution is -2.45. The zero-order chi connectivity index (χ0) is 15.5. The van der Waals surface area contributed by atoms with Crippen LogP contribution in [0.25, 0.3) is 0 Å². The van der Waals surface area contributed by atoms with E-state index in [9.17, 15) is 14.3 Å². The van der Waals surface area contributed by atoms with Gasteiger partial charge in [-0.1, -0.05) is 24.3 Å². The molecule has 5 heteroatoms. The van der Waals surface area contributed by atoms with Crippen molar-refractivity contribution in [1.29, 1.82) is 0 Å². The van der Waals surface area contributed by atoms with Gasteiger partial charge in [0.2, 0.25) is 0 Å². The maximum Gasteiger partial charge on any atom is 0.315 e. The largest absolute Gasteiger partial charge is 0.481 e. The molecule has 4 nitrogen and oxygen atoms in total. The number of pyridine rings is 1. The molecule has 3 N–H and O–H groups in total. The summed E-state index contributed by atoms with van der Waals surface area (Å²) in [7, 11) is 0. The van der Waals surface area contributed by atoms with Crippen LogP contribution in [-0.2, 0) is 16.6 Å². The van der Waals surface area contributed by atoms with Gasteiger partial charge >= 0.3 is 5.97 Å². The number of halogens is 1. The van der Waals surface area contributed by atoms with Gasteiger partial charge in [0, 0.05) is 12.7 Å². The second-order valence-electron chi connectivity index (χ2n) is 5.09. The number of nitrogens with two attached hydrogens (primary N) is 1. The molecule has 0 saturated heterocycles. The number of carboxylic acid groups (broad SMARTS) is 1. The first kappa shape index (κ1) is 15.1. The molecule has 2 aromatic rings. The zero-order valence-corrected chi connectivity index (χ0v) is 11.7. The topological polar surface area (TPSA) is 76.2 Å². The third-order valence-corrected chi connectivity index (χ3v) is 3.69. The van der Waals surface area contributed by atoms with Crippen LogP contribution in [0.4, 0.5) is 4.39 Å². The minimum atomic E-state index is -1.29. The second-order valence-corrected chi connectivity index (χ2v) is 5.09. The van der Waals surface area contributed by atoms with E-state index in [4.69, 9.17) is 5.73 Å². The van der Waals surface area contributed by atoms with E-state index in [-0.39, 0.29) is 13.0 Å². The maximum absolute atomic E-state index is 13.3. The molecular weight excluding hydrogens is 271 g/mol. The highest BCUT2D eigenvalue weighted by Crippen LogP contribution is 2.30. The molecule has 0 bridgehead atoms. The van der Waals surface area contributed by atoms with Gasteiger partial charge in [-0.15, -0.1) is 0 Å². The molecule has 110 valence electrons. The summed E-state index contributed by atoms with van der Waals surface area (Å²) in [4.78, 5) is 15.7. The third kappa shape index (κ3) is 2.92. The van der Waals surface area contributed by atoms with Crippen molar-refractivity contribution in [3.05, 3.63) is 65.2 Å². The monoisotopic (exact) mass is 288 g/mol. The first-order valence-electron chi connectivity index (χ1n) is 6.58. The molecule has 2 rings (SSSR count). The van der Waals surface area contributed by atoms with Gasteiger partial charge in [0.05, 0.1) is 6.20 Å². The Bertz CT molecular complexity index is 660. The van der Waals surface area contributed by atoms with Crippen LogP contribution in [0.2, 0.25) is 0 Å². The predicted octanol–water partition coefficient (Wildman–Crippen LogP) is 2.05. The number of aromatic nitrogens is 1. The lowest BCUT2D eigenvalue weighted by molar-refractivity contribution is -0.143. The minimum absolute atomic E-state index is 0.0797. The SMILES string of the molecule is Cc1ccccc1C(CN)(Cc1cncc(F)c1)C(=O)O. The Morgan fingerprint density at radius 3 is 2.67 bits per heavy atom. The van der Waals surface area contributed by atoms with Gasteiger partial charge < -0.3 is 10.8 Å². The molecule has 1 unspecified atom stereocenters. The highest BCUT2D eigenvalue weighted by Gasteiger charge is 2.40. The molecule has 21 heavy (non-hydrogen) atoms. The molecule has 1 heterocycles. The maximum atomic E-state index is 13.3. The summed E-state index contributed by atoms with van der Waals surface area (Å²) in [6.07, 6.45) is 2.64. The summed E-state index contributed by atoms with van der Waals surface area (Å²) in [5, 5.41) is 9.74. The van der Waals surface area contributed by atoms with Crippen molar-refractivity contribution in [2.75, 3.05) is 6.54 Å². The van der Waals surface area contributed by atoms with Crippen molar-refractivity contribution in [3.8, 4) is 0 Å². The molecule has 0 fully saturated rings. The molecule has 1 atom stereocenters. The number of nitrogens with zero attached hydrogens (tertiary/aromatic N) is 1. The van der Waals surface area contributed by atoms with Gasteiger partial charge in [0.25, 0.3) is 0 Å². The second kappa shape index (κ2) is 6.01. The molecule has 0 aliphatic carbocycles. The number of carboxylic acids is 1. The molecule has 0 spiro atoms. The summed E-state index contributed by atoms with van der Waals surface area (Å²) in [6, 6.07) is 8.50. The fourth-order valence-electron chi connectivity index (χ4n) is 2.57. The van der Waals surface area contributed by atoms with Crippen molar-refractivity contribution < 1.29 is 14.3 Å². The van der Waals surface area contributed by atoms with Crippen molar-refractivity contribution >= 4 is 5.97 Å². The van der Waals surface area contributed by atoms with Gasteiger partial charge in [-0.25, -0.2) is 4.39 Å². The Balaban J connectivity index is 2.53. The van der Waals surface area contributed by atoms with E-state index in [1.165, 1.54) is 12.3 Å². The summed E-state index contributed by atoms with van der Waals surface area (Å²) in [6.45, 7) is 1.76. The number of aliphatic carboxylic acids is 1. The molecule has 1 aromatic heterocycles. The van der Waals surface area contributed by atoms with Gasteiger partial charge in [-0.05, 0) is 36.1 Å². The van der Waals surface area contributed by atoms with Gasteiger partial charge in [0.15, 0.2) is 0 Å². The highest BCUT2D eigenvalue weighted by molar-refractivity contribution is 5.82. The van der Waals surface area contributed by atoms with Crippen LogP contribution >= 0.6 is 0 Å². The standard InChI is InChI=1S/C16H17FN2O2/c1-11-4-2-3-5-14(11)16(10-18,15(20)21)7-12-6-13(17)9-19-8-12/h2-6,8-9H,7,10,18H2,1H3,(H,20,21). The van der Waals surface area contributed by atoms with Gasteiger partial charge in [0.1, 0.15) is 11.2 Å². The molecule has 0 aliphatic rings. The van der Waals surface area contributed by atoms with Crippen LogP contribution in [0, 0.1) is 12.7 Å². The molecule has 0 amide bonds. The average molecular weight is 288 g/mol. The Labute approximate surface area is 122 Å². The van der Waals surface area contributed by atoms with Crippen molar-refractivity contribution in [2.45, 2.75) is 18.8 Å². The number of hydrogen-bond donors (Lipinski definition) is 2. The van der Waals surface area contributed by atoms with E-state index < -0.39 is 17.2 Å². The quantitative estimate of drug-likeness (QED) is 0.883.